The van der Waals surface area contributed by atoms with E-state index in [9.17, 15) is 10.2 Å². The third-order valence-corrected chi connectivity index (χ3v) is 9.57. The van der Waals surface area contributed by atoms with Gasteiger partial charge in [-0.1, -0.05) is 127 Å². The Hall–Kier alpha value is -4.05. The van der Waals surface area contributed by atoms with Crippen LogP contribution in [-0.4, -0.2) is 53.9 Å². The standard InChI is InChI=1S/C43H45ClO7/c1-2-47-37-21-18-31(19-22-37)24-36-25-35(20-23-38(36)44)39-40(48-26-32-12-6-3-7-13-32)41(49-27-33-14-8-4-9-15-33)42(43(29-45,30-46)51-39)50-28-34-16-10-5-11-17-34/h3-23,25,39-42,45-46H,2,24,26-30H2,1H3/t39-,40-,41+,42-/m0/s1. The maximum absolute atomic E-state index is 11.0. The largest absolute Gasteiger partial charge is 0.494 e. The Morgan fingerprint density at radius 2 is 1.16 bits per heavy atom. The van der Waals surface area contributed by atoms with E-state index in [1.807, 2.05) is 140 Å². The molecule has 7 nitrogen and oxygen atoms in total. The minimum absolute atomic E-state index is 0.213. The second-order valence-electron chi connectivity index (χ2n) is 12.8. The molecule has 8 heteroatoms. The molecule has 0 amide bonds. The van der Waals surface area contributed by atoms with Crippen LogP contribution in [0.15, 0.2) is 133 Å². The summed E-state index contributed by atoms with van der Waals surface area (Å²) in [4.78, 5) is 0. The zero-order chi connectivity index (χ0) is 35.5. The van der Waals surface area contributed by atoms with Crippen LogP contribution in [0, 0.1) is 0 Å². The number of aliphatic hydroxyl groups is 2. The molecule has 0 aromatic heterocycles. The minimum Gasteiger partial charge on any atom is -0.494 e. The van der Waals surface area contributed by atoms with Gasteiger partial charge in [0, 0.05) is 5.02 Å². The SMILES string of the molecule is CCOc1ccc(Cc2cc([C@@H]3OC(CO)(CO)[C@@H](OCc4ccccc4)[C@H](OCc4ccccc4)[C@H]3OCc3ccccc3)ccc2Cl)cc1. The molecule has 5 aromatic carbocycles. The normalized spacial score (nSPS) is 19.8. The molecule has 6 rings (SSSR count). The number of hydrogen-bond acceptors (Lipinski definition) is 7. The van der Waals surface area contributed by atoms with Crippen LogP contribution < -0.4 is 4.74 Å². The zero-order valence-electron chi connectivity index (χ0n) is 28.8. The molecular weight excluding hydrogens is 664 g/mol. The molecule has 4 atom stereocenters. The van der Waals surface area contributed by atoms with Gasteiger partial charge in [0.25, 0.3) is 0 Å². The number of benzene rings is 5. The maximum atomic E-state index is 11.0. The van der Waals surface area contributed by atoms with Gasteiger partial charge in [-0.05, 0) is 64.9 Å². The van der Waals surface area contributed by atoms with Crippen LogP contribution in [0.25, 0.3) is 0 Å². The van der Waals surface area contributed by atoms with Gasteiger partial charge in [0.05, 0.1) is 39.6 Å². The van der Waals surface area contributed by atoms with Crippen molar-refractivity contribution in [2.24, 2.45) is 0 Å². The van der Waals surface area contributed by atoms with Gasteiger partial charge in [-0.2, -0.15) is 0 Å². The molecule has 0 saturated carbocycles. The molecule has 0 aliphatic carbocycles. The Morgan fingerprint density at radius 3 is 1.69 bits per heavy atom. The first-order valence-corrected chi connectivity index (χ1v) is 17.8. The lowest BCUT2D eigenvalue weighted by Crippen LogP contribution is -2.66. The van der Waals surface area contributed by atoms with E-state index in [0.717, 1.165) is 39.1 Å². The van der Waals surface area contributed by atoms with E-state index in [0.29, 0.717) is 18.1 Å². The number of hydrogen-bond donors (Lipinski definition) is 2. The van der Waals surface area contributed by atoms with E-state index in [1.54, 1.807) is 0 Å². The second-order valence-corrected chi connectivity index (χ2v) is 13.2. The van der Waals surface area contributed by atoms with E-state index in [4.69, 9.17) is 35.3 Å². The van der Waals surface area contributed by atoms with Crippen LogP contribution in [-0.2, 0) is 45.2 Å². The average Bonchev–Trinajstić information content (AvgIpc) is 3.18. The van der Waals surface area contributed by atoms with Crippen molar-refractivity contribution in [3.8, 4) is 5.75 Å². The Kier molecular flexibility index (Phi) is 12.9. The lowest BCUT2D eigenvalue weighted by atomic mass is 9.82. The van der Waals surface area contributed by atoms with Crippen LogP contribution in [0.4, 0.5) is 0 Å². The lowest BCUT2D eigenvalue weighted by Gasteiger charge is -2.52. The Morgan fingerprint density at radius 1 is 0.627 bits per heavy atom. The molecule has 1 saturated heterocycles. The number of ether oxygens (including phenoxy) is 5. The van der Waals surface area contributed by atoms with Gasteiger partial charge in [-0.15, -0.1) is 0 Å². The topological polar surface area (TPSA) is 86.6 Å². The van der Waals surface area contributed by atoms with Crippen LogP contribution in [0.1, 0.15) is 46.4 Å². The van der Waals surface area contributed by atoms with Gasteiger partial charge in [-0.3, -0.25) is 0 Å². The van der Waals surface area contributed by atoms with Gasteiger partial charge in [0.2, 0.25) is 0 Å². The third kappa shape index (κ3) is 9.25. The van der Waals surface area contributed by atoms with Crippen molar-refractivity contribution >= 4 is 11.6 Å². The van der Waals surface area contributed by atoms with Gasteiger partial charge < -0.3 is 33.9 Å². The summed E-state index contributed by atoms with van der Waals surface area (Å²) in [5, 5.41) is 22.7. The lowest BCUT2D eigenvalue weighted by molar-refractivity contribution is -0.318. The zero-order valence-corrected chi connectivity index (χ0v) is 29.5. The summed E-state index contributed by atoms with van der Waals surface area (Å²) in [5.74, 6) is 0.810. The van der Waals surface area contributed by atoms with Crippen LogP contribution in [0.3, 0.4) is 0 Å². The summed E-state index contributed by atoms with van der Waals surface area (Å²) in [7, 11) is 0. The van der Waals surface area contributed by atoms with Gasteiger partial charge in [-0.25, -0.2) is 0 Å². The first-order chi connectivity index (χ1) is 25.0. The predicted octanol–water partition coefficient (Wildman–Crippen LogP) is 7.88. The number of rotatable bonds is 16. The highest BCUT2D eigenvalue weighted by Gasteiger charge is 2.57. The fraction of sp³-hybridized carbons (Fsp3) is 0.302. The van der Waals surface area contributed by atoms with Crippen LogP contribution in [0.2, 0.25) is 5.02 Å². The molecule has 2 N–H and O–H groups in total. The summed E-state index contributed by atoms with van der Waals surface area (Å²) in [6.07, 6.45) is -2.56. The van der Waals surface area contributed by atoms with Crippen LogP contribution >= 0.6 is 11.6 Å². The molecular formula is C43H45ClO7. The third-order valence-electron chi connectivity index (χ3n) is 9.21. The molecule has 1 fully saturated rings. The fourth-order valence-corrected chi connectivity index (χ4v) is 6.68. The van der Waals surface area contributed by atoms with E-state index in [1.165, 1.54) is 0 Å². The number of halogens is 1. The van der Waals surface area contributed by atoms with E-state index >= 15 is 0 Å². The van der Waals surface area contributed by atoms with E-state index in [-0.39, 0.29) is 19.8 Å². The van der Waals surface area contributed by atoms with Crippen molar-refractivity contribution in [2.45, 2.75) is 63.2 Å². The second kappa shape index (κ2) is 17.9. The monoisotopic (exact) mass is 708 g/mol. The highest BCUT2D eigenvalue weighted by atomic mass is 35.5. The average molecular weight is 709 g/mol. The van der Waals surface area contributed by atoms with Crippen molar-refractivity contribution in [1.82, 2.24) is 0 Å². The molecule has 0 unspecified atom stereocenters. The number of aliphatic hydroxyl groups excluding tert-OH is 2. The summed E-state index contributed by atoms with van der Waals surface area (Å²) < 4.78 is 32.6. The molecule has 1 aliphatic heterocycles. The summed E-state index contributed by atoms with van der Waals surface area (Å²) in [6.45, 7) is 2.28. The Labute approximate surface area is 305 Å². The molecule has 0 bridgehead atoms. The molecule has 5 aromatic rings. The highest BCUT2D eigenvalue weighted by molar-refractivity contribution is 6.31. The van der Waals surface area contributed by atoms with Crippen molar-refractivity contribution in [1.29, 1.82) is 0 Å². The van der Waals surface area contributed by atoms with Gasteiger partial charge >= 0.3 is 0 Å². The smallest absolute Gasteiger partial charge is 0.144 e. The molecule has 51 heavy (non-hydrogen) atoms. The molecule has 0 radical (unpaired) electrons. The summed E-state index contributed by atoms with van der Waals surface area (Å²) >= 11 is 6.80. The van der Waals surface area contributed by atoms with Crippen molar-refractivity contribution in [3.63, 3.8) is 0 Å². The molecule has 0 spiro atoms. The van der Waals surface area contributed by atoms with Crippen molar-refractivity contribution in [3.05, 3.63) is 172 Å². The highest BCUT2D eigenvalue weighted by Crippen LogP contribution is 2.44. The first-order valence-electron chi connectivity index (χ1n) is 17.4. The first kappa shape index (κ1) is 36.7. The molecule has 1 heterocycles. The van der Waals surface area contributed by atoms with Crippen molar-refractivity contribution in [2.75, 3.05) is 19.8 Å². The molecule has 266 valence electrons. The van der Waals surface area contributed by atoms with Gasteiger partial charge in [0.15, 0.2) is 0 Å². The summed E-state index contributed by atoms with van der Waals surface area (Å²) in [5.41, 5.74) is 4.09. The van der Waals surface area contributed by atoms with E-state index in [2.05, 4.69) is 0 Å². The van der Waals surface area contributed by atoms with E-state index < -0.39 is 43.2 Å². The Bertz CT molecular complexity index is 1770. The predicted molar refractivity (Wildman–Crippen MR) is 198 cm³/mol. The summed E-state index contributed by atoms with van der Waals surface area (Å²) in [6, 6.07) is 43.3. The maximum Gasteiger partial charge on any atom is 0.144 e. The Balaban J connectivity index is 1.39. The molecule has 1 aliphatic rings. The fourth-order valence-electron chi connectivity index (χ4n) is 6.50. The van der Waals surface area contributed by atoms with Gasteiger partial charge in [0.1, 0.15) is 35.8 Å². The van der Waals surface area contributed by atoms with Crippen molar-refractivity contribution < 1.29 is 33.9 Å². The minimum atomic E-state index is -1.53. The quantitative estimate of drug-likeness (QED) is 0.108. The van der Waals surface area contributed by atoms with Crippen LogP contribution in [0.5, 0.6) is 5.75 Å².